The number of carboxylic acid groups (broad SMARTS) is 1. The van der Waals surface area contributed by atoms with Crippen LogP contribution in [-0.4, -0.2) is 42.8 Å². The zero-order valence-corrected chi connectivity index (χ0v) is 18.4. The zero-order chi connectivity index (χ0) is 23.0. The van der Waals surface area contributed by atoms with Gasteiger partial charge in [0.2, 0.25) is 5.91 Å². The second kappa shape index (κ2) is 8.54. The number of hydrogen-bond acceptors (Lipinski definition) is 4. The second-order valence-corrected chi connectivity index (χ2v) is 9.47. The number of alkyl carbamates (subject to hydrolysis) is 1. The van der Waals surface area contributed by atoms with Crippen LogP contribution < -0.4 is 10.6 Å². The maximum Gasteiger partial charge on any atom is 0.407 e. The van der Waals surface area contributed by atoms with E-state index in [9.17, 15) is 19.5 Å². The maximum absolute atomic E-state index is 12.4. The van der Waals surface area contributed by atoms with Gasteiger partial charge in [0.05, 0.1) is 5.41 Å². The molecule has 3 aliphatic carbocycles. The highest BCUT2D eigenvalue weighted by Gasteiger charge is 2.47. The van der Waals surface area contributed by atoms with E-state index in [0.717, 1.165) is 17.5 Å². The summed E-state index contributed by atoms with van der Waals surface area (Å²) in [5, 5.41) is 15.0. The SMILES string of the molecule is O=C(NCC1CC1C(=O)NCC1(C(=O)O)CCC1)OCC1c2ccccc2-c2ccccc21. The molecule has 0 bridgehead atoms. The lowest BCUT2D eigenvalue weighted by Gasteiger charge is -2.37. The highest BCUT2D eigenvalue weighted by atomic mass is 16.5. The van der Waals surface area contributed by atoms with E-state index in [1.807, 2.05) is 24.3 Å². The molecule has 172 valence electrons. The van der Waals surface area contributed by atoms with Crippen LogP contribution in [0.4, 0.5) is 4.79 Å². The number of benzene rings is 2. The van der Waals surface area contributed by atoms with Crippen molar-refractivity contribution in [2.45, 2.75) is 31.6 Å². The molecule has 0 spiro atoms. The van der Waals surface area contributed by atoms with E-state index in [1.165, 1.54) is 11.1 Å². The molecule has 33 heavy (non-hydrogen) atoms. The number of carbonyl (C=O) groups is 3. The van der Waals surface area contributed by atoms with E-state index in [-0.39, 0.29) is 36.8 Å². The monoisotopic (exact) mass is 448 g/mol. The van der Waals surface area contributed by atoms with Crippen molar-refractivity contribution in [1.82, 2.24) is 10.6 Å². The molecule has 3 aliphatic rings. The lowest BCUT2D eigenvalue weighted by Crippen LogP contribution is -2.48. The molecule has 2 aromatic carbocycles. The highest BCUT2D eigenvalue weighted by Crippen LogP contribution is 2.45. The summed E-state index contributed by atoms with van der Waals surface area (Å²) in [7, 11) is 0. The number of hydrogen-bond donors (Lipinski definition) is 3. The second-order valence-electron chi connectivity index (χ2n) is 9.47. The molecule has 2 saturated carbocycles. The molecule has 7 nitrogen and oxygen atoms in total. The summed E-state index contributed by atoms with van der Waals surface area (Å²) < 4.78 is 5.54. The molecule has 0 heterocycles. The first-order chi connectivity index (χ1) is 16.0. The number of fused-ring (bicyclic) bond motifs is 3. The van der Waals surface area contributed by atoms with Gasteiger partial charge in [-0.3, -0.25) is 9.59 Å². The average Bonchev–Trinajstić information content (AvgIpc) is 3.50. The minimum Gasteiger partial charge on any atom is -0.481 e. The normalized spacial score (nSPS) is 21.8. The van der Waals surface area contributed by atoms with Gasteiger partial charge in [-0.1, -0.05) is 55.0 Å². The van der Waals surface area contributed by atoms with Gasteiger partial charge in [-0.2, -0.15) is 0 Å². The third-order valence-electron chi connectivity index (χ3n) is 7.48. The van der Waals surface area contributed by atoms with Gasteiger partial charge >= 0.3 is 12.1 Å². The Kier molecular flexibility index (Phi) is 5.56. The lowest BCUT2D eigenvalue weighted by atomic mass is 9.69. The Hall–Kier alpha value is -3.35. The Morgan fingerprint density at radius 2 is 1.61 bits per heavy atom. The third-order valence-corrected chi connectivity index (χ3v) is 7.48. The molecule has 0 saturated heterocycles. The molecule has 0 aromatic heterocycles. The van der Waals surface area contributed by atoms with Crippen molar-refractivity contribution in [2.24, 2.45) is 17.3 Å². The quantitative estimate of drug-likeness (QED) is 0.573. The van der Waals surface area contributed by atoms with Gasteiger partial charge in [0.1, 0.15) is 6.61 Å². The van der Waals surface area contributed by atoms with Crippen LogP contribution in [0.25, 0.3) is 11.1 Å². The van der Waals surface area contributed by atoms with Crippen molar-refractivity contribution < 1.29 is 24.2 Å². The molecule has 3 N–H and O–H groups in total. The summed E-state index contributed by atoms with van der Waals surface area (Å²) in [5.74, 6) is -1.06. The zero-order valence-electron chi connectivity index (χ0n) is 18.4. The first-order valence-corrected chi connectivity index (χ1v) is 11.6. The topological polar surface area (TPSA) is 105 Å². The third kappa shape index (κ3) is 4.08. The number of rotatable bonds is 8. The Balaban J connectivity index is 1.07. The smallest absolute Gasteiger partial charge is 0.407 e. The van der Waals surface area contributed by atoms with Crippen molar-refractivity contribution in [3.05, 3.63) is 59.7 Å². The van der Waals surface area contributed by atoms with Crippen LogP contribution in [0.1, 0.15) is 42.7 Å². The van der Waals surface area contributed by atoms with Gasteiger partial charge in [-0.25, -0.2) is 4.79 Å². The molecule has 2 amide bonds. The van der Waals surface area contributed by atoms with Crippen LogP contribution in [-0.2, 0) is 14.3 Å². The Morgan fingerprint density at radius 1 is 0.970 bits per heavy atom. The van der Waals surface area contributed by atoms with E-state index in [0.29, 0.717) is 25.8 Å². The molecular formula is C26H28N2O5. The average molecular weight is 449 g/mol. The molecule has 2 fully saturated rings. The number of carboxylic acids is 1. The molecule has 0 aliphatic heterocycles. The maximum atomic E-state index is 12.4. The number of ether oxygens (including phenoxy) is 1. The number of amides is 2. The first kappa shape index (κ1) is 21.5. The fraction of sp³-hybridized carbons (Fsp3) is 0.423. The van der Waals surface area contributed by atoms with E-state index >= 15 is 0 Å². The first-order valence-electron chi connectivity index (χ1n) is 11.6. The van der Waals surface area contributed by atoms with Gasteiger partial charge in [-0.05, 0) is 47.4 Å². The predicted molar refractivity (Wildman–Crippen MR) is 122 cm³/mol. The van der Waals surface area contributed by atoms with E-state index in [1.54, 1.807) is 0 Å². The number of aliphatic carboxylic acids is 1. The summed E-state index contributed by atoms with van der Waals surface area (Å²) in [5.41, 5.74) is 3.90. The van der Waals surface area contributed by atoms with Crippen LogP contribution in [0.15, 0.2) is 48.5 Å². The van der Waals surface area contributed by atoms with Crippen molar-refractivity contribution in [2.75, 3.05) is 19.7 Å². The minimum atomic E-state index is -0.835. The van der Waals surface area contributed by atoms with Crippen molar-refractivity contribution in [3.63, 3.8) is 0 Å². The number of carbonyl (C=O) groups excluding carboxylic acids is 2. The van der Waals surface area contributed by atoms with Crippen LogP contribution in [0.5, 0.6) is 0 Å². The minimum absolute atomic E-state index is 0.00987. The van der Waals surface area contributed by atoms with Crippen LogP contribution in [0, 0.1) is 17.3 Å². The summed E-state index contributed by atoms with van der Waals surface area (Å²) in [6.45, 7) is 0.814. The van der Waals surface area contributed by atoms with Gasteiger partial charge in [0, 0.05) is 24.9 Å². The standard InChI is InChI=1S/C26H28N2O5/c29-23(28-15-26(24(30)31)10-5-11-26)21-12-16(21)13-27-25(32)33-14-22-19-8-3-1-6-17(19)18-7-2-4-9-20(18)22/h1-4,6-9,16,21-22H,5,10-15H2,(H,27,32)(H,28,29)(H,30,31). The van der Waals surface area contributed by atoms with Crippen LogP contribution >= 0.6 is 0 Å². The molecule has 7 heteroatoms. The molecule has 2 unspecified atom stereocenters. The summed E-state index contributed by atoms with van der Waals surface area (Å²) in [4.78, 5) is 36.1. The Labute approximate surface area is 192 Å². The van der Waals surface area contributed by atoms with E-state index < -0.39 is 17.5 Å². The summed E-state index contributed by atoms with van der Waals surface area (Å²) >= 11 is 0. The van der Waals surface area contributed by atoms with E-state index in [4.69, 9.17) is 4.74 Å². The Bertz CT molecular complexity index is 1050. The molecular weight excluding hydrogens is 420 g/mol. The van der Waals surface area contributed by atoms with Crippen molar-refractivity contribution in [1.29, 1.82) is 0 Å². The van der Waals surface area contributed by atoms with E-state index in [2.05, 4.69) is 34.9 Å². The summed E-state index contributed by atoms with van der Waals surface area (Å²) in [6.07, 6.45) is 2.32. The lowest BCUT2D eigenvalue weighted by molar-refractivity contribution is -0.154. The highest BCUT2D eigenvalue weighted by molar-refractivity contribution is 5.83. The van der Waals surface area contributed by atoms with Crippen LogP contribution in [0.2, 0.25) is 0 Å². The largest absolute Gasteiger partial charge is 0.481 e. The molecule has 0 radical (unpaired) electrons. The van der Waals surface area contributed by atoms with Crippen LogP contribution in [0.3, 0.4) is 0 Å². The summed E-state index contributed by atoms with van der Waals surface area (Å²) in [6, 6.07) is 16.4. The van der Waals surface area contributed by atoms with Crippen molar-refractivity contribution in [3.8, 4) is 11.1 Å². The predicted octanol–water partition coefficient (Wildman–Crippen LogP) is 3.53. The molecule has 2 aromatic rings. The Morgan fingerprint density at radius 3 is 2.18 bits per heavy atom. The van der Waals surface area contributed by atoms with Gasteiger partial charge in [-0.15, -0.1) is 0 Å². The van der Waals surface area contributed by atoms with Crippen molar-refractivity contribution >= 4 is 18.0 Å². The number of nitrogens with one attached hydrogen (secondary N) is 2. The molecule has 2 atom stereocenters. The van der Waals surface area contributed by atoms with Gasteiger partial charge in [0.25, 0.3) is 0 Å². The van der Waals surface area contributed by atoms with Gasteiger partial charge in [0.15, 0.2) is 0 Å². The fourth-order valence-electron chi connectivity index (χ4n) is 5.12. The fourth-order valence-corrected chi connectivity index (χ4v) is 5.12. The van der Waals surface area contributed by atoms with Gasteiger partial charge < -0.3 is 20.5 Å². The molecule has 5 rings (SSSR count).